The normalized spacial score (nSPS) is 18.4. The van der Waals surface area contributed by atoms with Crippen molar-refractivity contribution in [1.82, 2.24) is 10.6 Å². The van der Waals surface area contributed by atoms with Gasteiger partial charge in [0.2, 0.25) is 0 Å². The van der Waals surface area contributed by atoms with Crippen molar-refractivity contribution in [2.45, 2.75) is 39.0 Å². The number of hydrogen-bond acceptors (Lipinski definition) is 1. The Labute approximate surface area is 86.0 Å². The summed E-state index contributed by atoms with van der Waals surface area (Å²) in [5.74, 6) is 0.672. The molecule has 1 rings (SSSR count). The van der Waals surface area contributed by atoms with Crippen molar-refractivity contribution in [3.05, 3.63) is 12.3 Å². The highest BCUT2D eigenvalue weighted by atomic mass is 16.2. The zero-order valence-electron chi connectivity index (χ0n) is 8.88. The molecule has 0 aliphatic heterocycles. The molecule has 14 heavy (non-hydrogen) atoms. The molecule has 80 valence electrons. The van der Waals surface area contributed by atoms with Gasteiger partial charge in [-0.3, -0.25) is 0 Å². The summed E-state index contributed by atoms with van der Waals surface area (Å²) in [6, 6.07) is -0.112. The molecule has 1 fully saturated rings. The summed E-state index contributed by atoms with van der Waals surface area (Å²) in [5.41, 5.74) is 0. The van der Waals surface area contributed by atoms with Gasteiger partial charge in [0.15, 0.2) is 0 Å². The number of allylic oxidation sites excluding steroid dienone is 1. The van der Waals surface area contributed by atoms with E-state index in [1.807, 2.05) is 6.92 Å². The lowest BCUT2D eigenvalue weighted by Gasteiger charge is -2.17. The van der Waals surface area contributed by atoms with Crippen LogP contribution in [0.15, 0.2) is 12.3 Å². The summed E-state index contributed by atoms with van der Waals surface area (Å²) in [6.07, 6.45) is 10.5. The van der Waals surface area contributed by atoms with E-state index in [0.717, 1.165) is 0 Å². The van der Waals surface area contributed by atoms with E-state index in [9.17, 15) is 4.79 Å². The topological polar surface area (TPSA) is 41.1 Å². The van der Waals surface area contributed by atoms with Crippen LogP contribution in [0.4, 0.5) is 4.79 Å². The van der Waals surface area contributed by atoms with Gasteiger partial charge in [-0.05, 0) is 25.7 Å². The minimum Gasteiger partial charge on any atom is -0.338 e. The van der Waals surface area contributed by atoms with Crippen molar-refractivity contribution >= 4 is 6.03 Å². The average Bonchev–Trinajstić information content (AvgIpc) is 2.20. The summed E-state index contributed by atoms with van der Waals surface area (Å²) >= 11 is 0. The maximum absolute atomic E-state index is 11.0. The summed E-state index contributed by atoms with van der Waals surface area (Å²) in [7, 11) is 0. The molecule has 0 unspecified atom stereocenters. The second kappa shape index (κ2) is 6.46. The van der Waals surface area contributed by atoms with Gasteiger partial charge in [-0.2, -0.15) is 0 Å². The van der Waals surface area contributed by atoms with Crippen LogP contribution in [0.2, 0.25) is 0 Å². The monoisotopic (exact) mass is 196 g/mol. The van der Waals surface area contributed by atoms with Crippen LogP contribution in [0.25, 0.3) is 0 Å². The van der Waals surface area contributed by atoms with E-state index >= 15 is 0 Å². The molecule has 0 radical (unpaired) electrons. The Morgan fingerprint density at radius 3 is 2.71 bits per heavy atom. The third-order valence-corrected chi connectivity index (χ3v) is 2.57. The summed E-state index contributed by atoms with van der Waals surface area (Å²) < 4.78 is 0. The van der Waals surface area contributed by atoms with Gasteiger partial charge in [0.1, 0.15) is 0 Å². The summed E-state index contributed by atoms with van der Waals surface area (Å²) in [4.78, 5) is 11.0. The van der Waals surface area contributed by atoms with Crippen LogP contribution in [-0.2, 0) is 0 Å². The van der Waals surface area contributed by atoms with E-state index in [1.54, 1.807) is 6.20 Å². The van der Waals surface area contributed by atoms with E-state index in [1.165, 1.54) is 32.1 Å². The van der Waals surface area contributed by atoms with Gasteiger partial charge in [0.05, 0.1) is 0 Å². The molecule has 0 aromatic heterocycles. The summed E-state index contributed by atoms with van der Waals surface area (Å²) in [6.45, 7) is 2.58. The lowest BCUT2D eigenvalue weighted by molar-refractivity contribution is 0.244. The Kier molecular flexibility index (Phi) is 5.12. The number of carbonyl (C=O) groups is 1. The maximum atomic E-state index is 11.0. The maximum Gasteiger partial charge on any atom is 0.318 e. The Balaban J connectivity index is 2.15. The molecule has 3 nitrogen and oxygen atoms in total. The van der Waals surface area contributed by atoms with Gasteiger partial charge in [-0.15, -0.1) is 0 Å². The molecule has 1 aliphatic rings. The van der Waals surface area contributed by atoms with Crippen LogP contribution < -0.4 is 10.6 Å². The predicted molar refractivity (Wildman–Crippen MR) is 57.9 cm³/mol. The van der Waals surface area contributed by atoms with Crippen molar-refractivity contribution in [3.8, 4) is 0 Å². The molecule has 0 bridgehead atoms. The fourth-order valence-corrected chi connectivity index (χ4v) is 1.80. The number of rotatable bonds is 3. The van der Waals surface area contributed by atoms with Crippen molar-refractivity contribution < 1.29 is 4.79 Å². The Bertz CT molecular complexity index is 195. The number of carbonyl (C=O) groups excluding carboxylic acids is 1. The van der Waals surface area contributed by atoms with Gasteiger partial charge in [-0.1, -0.05) is 25.3 Å². The molecular formula is C11H20N2O. The van der Waals surface area contributed by atoms with Crippen LogP contribution in [0, 0.1) is 5.92 Å². The second-order valence-electron chi connectivity index (χ2n) is 3.76. The highest BCUT2D eigenvalue weighted by Crippen LogP contribution is 2.24. The Morgan fingerprint density at radius 1 is 1.36 bits per heavy atom. The SMILES string of the molecule is CCNC(=O)N/C=C/C1CCCCC1. The lowest BCUT2D eigenvalue weighted by Crippen LogP contribution is -2.31. The molecule has 0 heterocycles. The third-order valence-electron chi connectivity index (χ3n) is 2.57. The largest absolute Gasteiger partial charge is 0.338 e. The van der Waals surface area contributed by atoms with Gasteiger partial charge in [0, 0.05) is 12.7 Å². The highest BCUT2D eigenvalue weighted by Gasteiger charge is 2.09. The first-order valence-corrected chi connectivity index (χ1v) is 5.54. The van der Waals surface area contributed by atoms with Crippen LogP contribution in [0.3, 0.4) is 0 Å². The molecule has 3 heteroatoms. The van der Waals surface area contributed by atoms with Crippen LogP contribution >= 0.6 is 0 Å². The molecule has 0 spiro atoms. The van der Waals surface area contributed by atoms with Crippen molar-refractivity contribution in [3.63, 3.8) is 0 Å². The van der Waals surface area contributed by atoms with Crippen LogP contribution in [0.1, 0.15) is 39.0 Å². The van der Waals surface area contributed by atoms with E-state index in [2.05, 4.69) is 16.7 Å². The van der Waals surface area contributed by atoms with E-state index in [0.29, 0.717) is 12.5 Å². The van der Waals surface area contributed by atoms with E-state index < -0.39 is 0 Å². The van der Waals surface area contributed by atoms with Crippen molar-refractivity contribution in [2.24, 2.45) is 5.92 Å². The molecule has 2 amide bonds. The molecule has 2 N–H and O–H groups in total. The number of urea groups is 1. The first-order chi connectivity index (χ1) is 6.83. The zero-order valence-corrected chi connectivity index (χ0v) is 8.88. The molecule has 0 aromatic rings. The molecular weight excluding hydrogens is 176 g/mol. The van der Waals surface area contributed by atoms with E-state index in [-0.39, 0.29) is 6.03 Å². The van der Waals surface area contributed by atoms with Gasteiger partial charge >= 0.3 is 6.03 Å². The van der Waals surface area contributed by atoms with Crippen LogP contribution in [0.5, 0.6) is 0 Å². The third kappa shape index (κ3) is 4.30. The zero-order chi connectivity index (χ0) is 10.2. The highest BCUT2D eigenvalue weighted by molar-refractivity contribution is 5.74. The number of amides is 2. The minimum atomic E-state index is -0.112. The number of hydrogen-bond donors (Lipinski definition) is 2. The molecule has 1 saturated carbocycles. The first-order valence-electron chi connectivity index (χ1n) is 5.54. The van der Waals surface area contributed by atoms with Crippen molar-refractivity contribution in [1.29, 1.82) is 0 Å². The Morgan fingerprint density at radius 2 is 2.07 bits per heavy atom. The number of nitrogens with one attached hydrogen (secondary N) is 2. The first kappa shape index (κ1) is 11.1. The standard InChI is InChI=1S/C11H20N2O/c1-2-12-11(14)13-9-8-10-6-4-3-5-7-10/h8-10H,2-7H2,1H3,(H2,12,13,14)/b9-8+. The van der Waals surface area contributed by atoms with Crippen LogP contribution in [-0.4, -0.2) is 12.6 Å². The van der Waals surface area contributed by atoms with Crippen molar-refractivity contribution in [2.75, 3.05) is 6.54 Å². The fraction of sp³-hybridized carbons (Fsp3) is 0.727. The predicted octanol–water partition coefficient (Wildman–Crippen LogP) is 2.40. The fourth-order valence-electron chi connectivity index (χ4n) is 1.80. The summed E-state index contributed by atoms with van der Waals surface area (Å²) in [5, 5.41) is 5.38. The van der Waals surface area contributed by atoms with Gasteiger partial charge < -0.3 is 10.6 Å². The van der Waals surface area contributed by atoms with Gasteiger partial charge in [0.25, 0.3) is 0 Å². The molecule has 0 atom stereocenters. The molecule has 1 aliphatic carbocycles. The van der Waals surface area contributed by atoms with E-state index in [4.69, 9.17) is 0 Å². The minimum absolute atomic E-state index is 0.112. The quantitative estimate of drug-likeness (QED) is 0.715. The second-order valence-corrected chi connectivity index (χ2v) is 3.76. The average molecular weight is 196 g/mol. The Hall–Kier alpha value is -0.990. The van der Waals surface area contributed by atoms with Gasteiger partial charge in [-0.25, -0.2) is 4.79 Å². The molecule has 0 aromatic carbocycles. The lowest BCUT2D eigenvalue weighted by atomic mass is 9.89. The smallest absolute Gasteiger partial charge is 0.318 e. The molecule has 0 saturated heterocycles.